The minimum atomic E-state index is -0.253. The summed E-state index contributed by atoms with van der Waals surface area (Å²) in [5.41, 5.74) is 3.94. The van der Waals surface area contributed by atoms with Gasteiger partial charge in [-0.15, -0.1) is 0 Å². The number of halogens is 2. The second-order valence-electron chi connectivity index (χ2n) is 4.31. The molecular weight excluding hydrogens is 311 g/mol. The van der Waals surface area contributed by atoms with Gasteiger partial charge in [0.1, 0.15) is 5.75 Å². The number of amides is 1. The number of aromatic hydroxyl groups is 1. The van der Waals surface area contributed by atoms with E-state index in [1.54, 1.807) is 30.3 Å². The van der Waals surface area contributed by atoms with Crippen molar-refractivity contribution in [1.29, 1.82) is 0 Å². The Morgan fingerprint density at radius 3 is 2.52 bits per heavy atom. The molecule has 0 saturated carbocycles. The van der Waals surface area contributed by atoms with Crippen LogP contribution in [0.15, 0.2) is 47.6 Å². The number of nitrogens with zero attached hydrogens (tertiary/aromatic N) is 1. The van der Waals surface area contributed by atoms with Gasteiger partial charge in [0.15, 0.2) is 0 Å². The molecular formula is C15H12Cl2N2O2. The van der Waals surface area contributed by atoms with E-state index in [0.717, 1.165) is 11.1 Å². The van der Waals surface area contributed by atoms with Crippen LogP contribution in [0.3, 0.4) is 0 Å². The third kappa shape index (κ3) is 4.77. The van der Waals surface area contributed by atoms with Gasteiger partial charge in [-0.3, -0.25) is 4.79 Å². The van der Waals surface area contributed by atoms with E-state index in [1.807, 2.05) is 0 Å². The Morgan fingerprint density at radius 1 is 1.14 bits per heavy atom. The number of rotatable bonds is 4. The maximum atomic E-state index is 11.7. The lowest BCUT2D eigenvalue weighted by Gasteiger charge is -2.01. The van der Waals surface area contributed by atoms with Crippen LogP contribution >= 0.6 is 23.2 Å². The van der Waals surface area contributed by atoms with E-state index < -0.39 is 0 Å². The summed E-state index contributed by atoms with van der Waals surface area (Å²) in [4.78, 5) is 11.7. The number of nitrogens with one attached hydrogen (secondary N) is 1. The van der Waals surface area contributed by atoms with Gasteiger partial charge in [0.05, 0.1) is 22.7 Å². The van der Waals surface area contributed by atoms with Crippen molar-refractivity contribution >= 4 is 35.3 Å². The first kappa shape index (κ1) is 15.4. The van der Waals surface area contributed by atoms with Gasteiger partial charge in [0.25, 0.3) is 0 Å². The molecule has 0 aromatic heterocycles. The van der Waals surface area contributed by atoms with Crippen LogP contribution in [0.5, 0.6) is 5.75 Å². The predicted molar refractivity (Wildman–Crippen MR) is 84.0 cm³/mol. The van der Waals surface area contributed by atoms with E-state index >= 15 is 0 Å². The van der Waals surface area contributed by atoms with Crippen molar-refractivity contribution in [3.63, 3.8) is 0 Å². The molecule has 4 nitrogen and oxygen atoms in total. The molecule has 0 saturated heterocycles. The van der Waals surface area contributed by atoms with Crippen molar-refractivity contribution in [2.24, 2.45) is 5.10 Å². The molecule has 108 valence electrons. The zero-order valence-corrected chi connectivity index (χ0v) is 12.4. The topological polar surface area (TPSA) is 61.7 Å². The van der Waals surface area contributed by atoms with E-state index in [1.165, 1.54) is 18.3 Å². The van der Waals surface area contributed by atoms with Crippen molar-refractivity contribution in [1.82, 2.24) is 5.43 Å². The number of hydrogen-bond donors (Lipinski definition) is 2. The highest BCUT2D eigenvalue weighted by atomic mass is 35.5. The lowest BCUT2D eigenvalue weighted by Crippen LogP contribution is -2.19. The Hall–Kier alpha value is -2.04. The maximum Gasteiger partial charge on any atom is 0.244 e. The standard InChI is InChI=1S/C15H12Cl2N2O2/c16-13-6-3-11(7-14(13)17)9-18-19-15(21)8-10-1-4-12(20)5-2-10/h1-7,9,20H,8H2,(H,19,21)/b18-9-. The number of hydrogen-bond acceptors (Lipinski definition) is 3. The molecule has 2 rings (SSSR count). The SMILES string of the molecule is O=C(Cc1ccc(O)cc1)N/N=C\c1ccc(Cl)c(Cl)c1. The number of carbonyl (C=O) groups excluding carboxylic acids is 1. The van der Waals surface area contributed by atoms with Gasteiger partial charge >= 0.3 is 0 Å². The van der Waals surface area contributed by atoms with E-state index in [4.69, 9.17) is 28.3 Å². The van der Waals surface area contributed by atoms with Gasteiger partial charge in [-0.25, -0.2) is 5.43 Å². The second kappa shape index (κ2) is 7.11. The van der Waals surface area contributed by atoms with Crippen LogP contribution in [0.4, 0.5) is 0 Å². The molecule has 0 aliphatic rings. The average Bonchev–Trinajstić information content (AvgIpc) is 2.45. The summed E-state index contributed by atoms with van der Waals surface area (Å²) in [6, 6.07) is 11.5. The lowest BCUT2D eigenvalue weighted by atomic mass is 10.1. The molecule has 2 aromatic rings. The van der Waals surface area contributed by atoms with Gasteiger partial charge in [-0.2, -0.15) is 5.10 Å². The highest BCUT2D eigenvalue weighted by Crippen LogP contribution is 2.21. The molecule has 0 unspecified atom stereocenters. The van der Waals surface area contributed by atoms with Crippen molar-refractivity contribution in [3.8, 4) is 5.75 Å². The Labute approximate surface area is 132 Å². The Morgan fingerprint density at radius 2 is 1.86 bits per heavy atom. The molecule has 0 radical (unpaired) electrons. The van der Waals surface area contributed by atoms with Crippen molar-refractivity contribution in [2.45, 2.75) is 6.42 Å². The molecule has 2 N–H and O–H groups in total. The summed E-state index contributed by atoms with van der Waals surface area (Å²) in [5, 5.41) is 13.9. The summed E-state index contributed by atoms with van der Waals surface area (Å²) in [7, 11) is 0. The molecule has 1 amide bonds. The van der Waals surface area contributed by atoms with E-state index in [9.17, 15) is 4.79 Å². The van der Waals surface area contributed by atoms with Crippen molar-refractivity contribution in [2.75, 3.05) is 0 Å². The lowest BCUT2D eigenvalue weighted by molar-refractivity contribution is -0.120. The summed E-state index contributed by atoms with van der Waals surface area (Å²) in [5.74, 6) is -0.0891. The summed E-state index contributed by atoms with van der Waals surface area (Å²) in [6.45, 7) is 0. The zero-order chi connectivity index (χ0) is 15.2. The Kier molecular flexibility index (Phi) is 5.20. The number of benzene rings is 2. The molecule has 0 fully saturated rings. The largest absolute Gasteiger partial charge is 0.508 e. The summed E-state index contributed by atoms with van der Waals surface area (Å²) < 4.78 is 0. The third-order valence-corrected chi connectivity index (χ3v) is 3.39. The van der Waals surface area contributed by atoms with Crippen LogP contribution in [-0.4, -0.2) is 17.2 Å². The number of carbonyl (C=O) groups is 1. The molecule has 21 heavy (non-hydrogen) atoms. The Balaban J connectivity index is 1.89. The minimum Gasteiger partial charge on any atom is -0.508 e. The maximum absolute atomic E-state index is 11.7. The molecule has 0 atom stereocenters. The van der Waals surface area contributed by atoms with Crippen LogP contribution in [0.2, 0.25) is 10.0 Å². The van der Waals surface area contributed by atoms with Gasteiger partial charge in [-0.05, 0) is 35.4 Å². The predicted octanol–water partition coefficient (Wildman–Crippen LogP) is 3.39. The number of phenols is 1. The summed E-state index contributed by atoms with van der Waals surface area (Å²) >= 11 is 11.7. The first-order chi connectivity index (χ1) is 10.0. The van der Waals surface area contributed by atoms with Crippen LogP contribution < -0.4 is 5.43 Å². The quantitative estimate of drug-likeness (QED) is 0.669. The third-order valence-electron chi connectivity index (χ3n) is 2.65. The van der Waals surface area contributed by atoms with E-state index in [-0.39, 0.29) is 18.1 Å². The minimum absolute atomic E-state index is 0.164. The van der Waals surface area contributed by atoms with Crippen LogP contribution in [0, 0.1) is 0 Å². The normalized spacial score (nSPS) is 10.8. The fraction of sp³-hybridized carbons (Fsp3) is 0.0667. The molecule has 0 bridgehead atoms. The van der Waals surface area contributed by atoms with E-state index in [0.29, 0.717) is 10.0 Å². The first-order valence-corrected chi connectivity index (χ1v) is 6.85. The first-order valence-electron chi connectivity index (χ1n) is 6.09. The number of hydrazone groups is 1. The monoisotopic (exact) mass is 322 g/mol. The highest BCUT2D eigenvalue weighted by Gasteiger charge is 2.02. The molecule has 0 spiro atoms. The van der Waals surface area contributed by atoms with Crippen LogP contribution in [-0.2, 0) is 11.2 Å². The van der Waals surface area contributed by atoms with Gasteiger partial charge in [0.2, 0.25) is 5.91 Å². The van der Waals surface area contributed by atoms with Gasteiger partial charge < -0.3 is 5.11 Å². The average molecular weight is 323 g/mol. The molecule has 2 aromatic carbocycles. The molecule has 6 heteroatoms. The van der Waals surface area contributed by atoms with Crippen LogP contribution in [0.25, 0.3) is 0 Å². The Bertz CT molecular complexity index is 670. The smallest absolute Gasteiger partial charge is 0.244 e. The highest BCUT2D eigenvalue weighted by molar-refractivity contribution is 6.42. The van der Waals surface area contributed by atoms with Gasteiger partial charge in [-0.1, -0.05) is 41.4 Å². The van der Waals surface area contributed by atoms with Crippen molar-refractivity contribution in [3.05, 3.63) is 63.6 Å². The fourth-order valence-electron chi connectivity index (χ4n) is 1.61. The zero-order valence-electron chi connectivity index (χ0n) is 10.9. The van der Waals surface area contributed by atoms with Crippen molar-refractivity contribution < 1.29 is 9.90 Å². The molecule has 0 aliphatic heterocycles. The second-order valence-corrected chi connectivity index (χ2v) is 5.12. The molecule has 0 aliphatic carbocycles. The number of phenolic OH excluding ortho intramolecular Hbond substituents is 1. The fourth-order valence-corrected chi connectivity index (χ4v) is 1.92. The van der Waals surface area contributed by atoms with Crippen LogP contribution in [0.1, 0.15) is 11.1 Å². The summed E-state index contributed by atoms with van der Waals surface area (Å²) in [6.07, 6.45) is 1.66. The molecule has 0 heterocycles. The van der Waals surface area contributed by atoms with E-state index in [2.05, 4.69) is 10.5 Å². The van der Waals surface area contributed by atoms with Gasteiger partial charge in [0, 0.05) is 0 Å².